The van der Waals surface area contributed by atoms with Crippen molar-refractivity contribution in [3.8, 4) is 0 Å². The maximum atomic E-state index is 12.4. The van der Waals surface area contributed by atoms with Crippen LogP contribution in [0.2, 0.25) is 0 Å². The fourth-order valence-electron chi connectivity index (χ4n) is 2.37. The molecule has 1 N–H and O–H groups in total. The van der Waals surface area contributed by atoms with Crippen LogP contribution in [0.4, 0.5) is 10.6 Å². The maximum absolute atomic E-state index is 12.4. The maximum Gasteiger partial charge on any atom is 0.352 e. The molecular weight excluding hydrogens is 272 g/mol. The van der Waals surface area contributed by atoms with E-state index in [1.54, 1.807) is 6.07 Å². The Labute approximate surface area is 124 Å². The molecule has 1 aromatic rings. The highest BCUT2D eigenvalue weighted by atomic mass is 16.7. The van der Waals surface area contributed by atoms with Gasteiger partial charge in [-0.15, -0.1) is 0 Å². The number of urea groups is 1. The van der Waals surface area contributed by atoms with E-state index in [0.29, 0.717) is 12.2 Å². The summed E-state index contributed by atoms with van der Waals surface area (Å²) < 4.78 is 0. The lowest BCUT2D eigenvalue weighted by Crippen LogP contribution is -2.37. The van der Waals surface area contributed by atoms with E-state index in [2.05, 4.69) is 9.97 Å². The predicted octanol–water partition coefficient (Wildman–Crippen LogP) is 1.67. The molecule has 0 aromatic carbocycles. The lowest BCUT2D eigenvalue weighted by molar-refractivity contribution is -0.117. The standard InChI is InChI=1S/C14H22N4O3/c1-6-9-12(19)17(13(20)18(9)21-5)11-7-10(14(2,3)4)15-8-16-11/h7-9,12,19H,6H2,1-5H3. The number of hydrogen-bond donors (Lipinski definition) is 1. The van der Waals surface area contributed by atoms with Crippen LogP contribution in [0.25, 0.3) is 0 Å². The molecule has 1 aliphatic rings. The van der Waals surface area contributed by atoms with Gasteiger partial charge in [0.25, 0.3) is 0 Å². The van der Waals surface area contributed by atoms with Crippen molar-refractivity contribution in [2.24, 2.45) is 0 Å². The van der Waals surface area contributed by atoms with Gasteiger partial charge in [0.15, 0.2) is 6.23 Å². The highest BCUT2D eigenvalue weighted by Gasteiger charge is 2.46. The van der Waals surface area contributed by atoms with E-state index in [9.17, 15) is 9.90 Å². The van der Waals surface area contributed by atoms with Gasteiger partial charge in [0.2, 0.25) is 0 Å². The van der Waals surface area contributed by atoms with Crippen LogP contribution in [0, 0.1) is 0 Å². The molecule has 0 aliphatic carbocycles. The Morgan fingerprint density at radius 2 is 2.05 bits per heavy atom. The van der Waals surface area contributed by atoms with Crippen molar-refractivity contribution < 1.29 is 14.7 Å². The van der Waals surface area contributed by atoms with Gasteiger partial charge >= 0.3 is 6.03 Å². The Kier molecular flexibility index (Phi) is 4.15. The van der Waals surface area contributed by atoms with E-state index in [1.807, 2.05) is 27.7 Å². The predicted molar refractivity (Wildman–Crippen MR) is 77.5 cm³/mol. The summed E-state index contributed by atoms with van der Waals surface area (Å²) in [5, 5.41) is 11.6. The van der Waals surface area contributed by atoms with Gasteiger partial charge in [-0.25, -0.2) is 19.7 Å². The van der Waals surface area contributed by atoms with Gasteiger partial charge in [-0.3, -0.25) is 4.84 Å². The second-order valence-corrected chi connectivity index (χ2v) is 6.06. The smallest absolute Gasteiger partial charge is 0.352 e. The van der Waals surface area contributed by atoms with Crippen molar-refractivity contribution in [2.45, 2.75) is 51.8 Å². The number of hydrogen-bond acceptors (Lipinski definition) is 5. The summed E-state index contributed by atoms with van der Waals surface area (Å²) in [5.74, 6) is 0.380. The van der Waals surface area contributed by atoms with E-state index in [1.165, 1.54) is 23.4 Å². The van der Waals surface area contributed by atoms with Crippen molar-refractivity contribution in [1.82, 2.24) is 15.0 Å². The monoisotopic (exact) mass is 294 g/mol. The van der Waals surface area contributed by atoms with Crippen LogP contribution < -0.4 is 4.90 Å². The Morgan fingerprint density at radius 1 is 1.38 bits per heavy atom. The summed E-state index contributed by atoms with van der Waals surface area (Å²) in [6.45, 7) is 7.96. The summed E-state index contributed by atoms with van der Waals surface area (Å²) in [5.41, 5.74) is 0.632. The minimum absolute atomic E-state index is 0.170. The molecule has 21 heavy (non-hydrogen) atoms. The molecule has 116 valence electrons. The first kappa shape index (κ1) is 15.7. The number of carbonyl (C=O) groups is 1. The number of aliphatic hydroxyl groups excluding tert-OH is 1. The number of rotatable bonds is 3. The third kappa shape index (κ3) is 2.71. The van der Waals surface area contributed by atoms with E-state index in [-0.39, 0.29) is 5.41 Å². The van der Waals surface area contributed by atoms with Gasteiger partial charge in [0.1, 0.15) is 18.2 Å². The number of amides is 2. The molecule has 1 fully saturated rings. The molecular formula is C14H22N4O3. The molecule has 0 spiro atoms. The molecule has 2 atom stereocenters. The van der Waals surface area contributed by atoms with Crippen molar-refractivity contribution in [3.05, 3.63) is 18.1 Å². The number of nitrogens with zero attached hydrogens (tertiary/aromatic N) is 4. The Balaban J connectivity index is 2.40. The fourth-order valence-corrected chi connectivity index (χ4v) is 2.37. The molecule has 0 bridgehead atoms. The van der Waals surface area contributed by atoms with Gasteiger partial charge in [-0.05, 0) is 6.42 Å². The molecule has 2 rings (SSSR count). The molecule has 2 heterocycles. The van der Waals surface area contributed by atoms with E-state index < -0.39 is 18.3 Å². The lowest BCUT2D eigenvalue weighted by atomic mass is 9.92. The summed E-state index contributed by atoms with van der Waals surface area (Å²) in [7, 11) is 1.41. The molecule has 2 unspecified atom stereocenters. The summed E-state index contributed by atoms with van der Waals surface area (Å²) >= 11 is 0. The second-order valence-electron chi connectivity index (χ2n) is 6.06. The van der Waals surface area contributed by atoms with Crippen LogP contribution in [-0.2, 0) is 10.3 Å². The highest BCUT2D eigenvalue weighted by Crippen LogP contribution is 2.30. The number of carbonyl (C=O) groups excluding carboxylic acids is 1. The highest BCUT2D eigenvalue weighted by molar-refractivity contribution is 5.93. The molecule has 0 saturated carbocycles. The molecule has 1 aliphatic heterocycles. The Hall–Kier alpha value is -1.73. The molecule has 1 aromatic heterocycles. The zero-order chi connectivity index (χ0) is 15.8. The van der Waals surface area contributed by atoms with Crippen LogP contribution in [0.15, 0.2) is 12.4 Å². The summed E-state index contributed by atoms with van der Waals surface area (Å²) in [4.78, 5) is 27.1. The third-order valence-electron chi connectivity index (χ3n) is 3.59. The van der Waals surface area contributed by atoms with Crippen molar-refractivity contribution in [1.29, 1.82) is 0 Å². The SMILES string of the molecule is CCC1C(O)N(c2cc(C(C)(C)C)ncn2)C(=O)N1OC. The first-order chi connectivity index (χ1) is 9.81. The quantitative estimate of drug-likeness (QED) is 0.917. The zero-order valence-corrected chi connectivity index (χ0v) is 13.1. The first-order valence-electron chi connectivity index (χ1n) is 6.98. The minimum Gasteiger partial charge on any atom is -0.371 e. The Morgan fingerprint density at radius 3 is 2.52 bits per heavy atom. The van der Waals surface area contributed by atoms with E-state index in [0.717, 1.165) is 5.69 Å². The van der Waals surface area contributed by atoms with Gasteiger partial charge in [-0.2, -0.15) is 5.06 Å². The van der Waals surface area contributed by atoms with Crippen LogP contribution >= 0.6 is 0 Å². The second kappa shape index (κ2) is 5.57. The van der Waals surface area contributed by atoms with Gasteiger partial charge < -0.3 is 5.11 Å². The van der Waals surface area contributed by atoms with E-state index >= 15 is 0 Å². The van der Waals surface area contributed by atoms with Crippen molar-refractivity contribution in [2.75, 3.05) is 12.0 Å². The molecule has 1 saturated heterocycles. The van der Waals surface area contributed by atoms with Gasteiger partial charge in [-0.1, -0.05) is 27.7 Å². The lowest BCUT2D eigenvalue weighted by Gasteiger charge is -2.22. The molecule has 7 nitrogen and oxygen atoms in total. The fraction of sp³-hybridized carbons (Fsp3) is 0.643. The number of hydroxylamine groups is 2. The minimum atomic E-state index is -0.995. The topological polar surface area (TPSA) is 78.8 Å². The average molecular weight is 294 g/mol. The van der Waals surface area contributed by atoms with E-state index in [4.69, 9.17) is 4.84 Å². The summed E-state index contributed by atoms with van der Waals surface area (Å²) in [6, 6.07) is 0.887. The van der Waals surface area contributed by atoms with Crippen molar-refractivity contribution >= 4 is 11.8 Å². The van der Waals surface area contributed by atoms with Crippen LogP contribution in [0.5, 0.6) is 0 Å². The zero-order valence-electron chi connectivity index (χ0n) is 13.1. The number of aliphatic hydroxyl groups is 1. The normalized spacial score (nSPS) is 23.0. The molecule has 7 heteroatoms. The average Bonchev–Trinajstić information content (AvgIpc) is 2.68. The number of aromatic nitrogens is 2. The van der Waals surface area contributed by atoms with Crippen LogP contribution in [0.1, 0.15) is 39.8 Å². The largest absolute Gasteiger partial charge is 0.371 e. The first-order valence-corrected chi connectivity index (χ1v) is 6.98. The van der Waals surface area contributed by atoms with Crippen LogP contribution in [0.3, 0.4) is 0 Å². The number of anilines is 1. The third-order valence-corrected chi connectivity index (χ3v) is 3.59. The van der Waals surface area contributed by atoms with Gasteiger partial charge in [0, 0.05) is 11.5 Å². The van der Waals surface area contributed by atoms with Crippen LogP contribution in [-0.4, -0.2) is 45.5 Å². The Bertz CT molecular complexity index is 529. The molecule has 2 amide bonds. The van der Waals surface area contributed by atoms with Gasteiger partial charge in [0.05, 0.1) is 12.8 Å². The molecule has 0 radical (unpaired) electrons. The summed E-state index contributed by atoms with van der Waals surface area (Å²) in [6.07, 6.45) is 0.992. The van der Waals surface area contributed by atoms with Crippen molar-refractivity contribution in [3.63, 3.8) is 0 Å².